The van der Waals surface area contributed by atoms with Gasteiger partial charge in [-0.3, -0.25) is 4.79 Å². The lowest BCUT2D eigenvalue weighted by Crippen LogP contribution is -2.39. The molecule has 4 nitrogen and oxygen atoms in total. The molecule has 1 heterocycles. The number of hydrogen-bond acceptors (Lipinski definition) is 3. The fourth-order valence-electron chi connectivity index (χ4n) is 2.93. The molecule has 1 aliphatic heterocycles. The molecule has 21 heavy (non-hydrogen) atoms. The van der Waals surface area contributed by atoms with E-state index in [1.807, 2.05) is 41.3 Å². The molecule has 1 saturated heterocycles. The molecular weight excluding hydrogens is 264 g/mol. The van der Waals surface area contributed by atoms with Crippen molar-refractivity contribution in [1.82, 2.24) is 4.90 Å². The van der Waals surface area contributed by atoms with Gasteiger partial charge in [0.1, 0.15) is 0 Å². The summed E-state index contributed by atoms with van der Waals surface area (Å²) < 4.78 is 0. The Kier molecular flexibility index (Phi) is 3.80. The third kappa shape index (κ3) is 2.72. The molecule has 0 saturated carbocycles. The van der Waals surface area contributed by atoms with E-state index in [9.17, 15) is 9.90 Å². The van der Waals surface area contributed by atoms with Crippen molar-refractivity contribution >= 4 is 22.4 Å². The summed E-state index contributed by atoms with van der Waals surface area (Å²) in [6.07, 6.45) is 1.71. The molecular formula is C17H20N2O2. The quantitative estimate of drug-likeness (QED) is 0.831. The van der Waals surface area contributed by atoms with E-state index in [2.05, 4.69) is 0 Å². The van der Waals surface area contributed by atoms with Crippen molar-refractivity contribution in [2.75, 3.05) is 25.4 Å². The number of fused-ring (bicyclic) bond motifs is 1. The number of carbonyl (C=O) groups is 1. The SMILES string of the molecule is Nc1cc2ccccc2cc1C(=O)N1CCC(CO)CC1. The minimum absolute atomic E-state index is 0.00496. The zero-order valence-electron chi connectivity index (χ0n) is 12.0. The molecule has 1 fully saturated rings. The number of nitrogens with two attached hydrogens (primary N) is 1. The van der Waals surface area contributed by atoms with Gasteiger partial charge < -0.3 is 15.7 Å². The smallest absolute Gasteiger partial charge is 0.255 e. The van der Waals surface area contributed by atoms with Crippen molar-refractivity contribution in [3.63, 3.8) is 0 Å². The number of nitrogen functional groups attached to an aromatic ring is 1. The summed E-state index contributed by atoms with van der Waals surface area (Å²) >= 11 is 0. The van der Waals surface area contributed by atoms with Crippen LogP contribution in [-0.4, -0.2) is 35.6 Å². The van der Waals surface area contributed by atoms with E-state index in [0.29, 0.717) is 30.3 Å². The van der Waals surface area contributed by atoms with Crippen LogP contribution in [0.2, 0.25) is 0 Å². The molecule has 0 spiro atoms. The van der Waals surface area contributed by atoms with Crippen LogP contribution in [0.5, 0.6) is 0 Å². The lowest BCUT2D eigenvalue weighted by atomic mass is 9.96. The van der Waals surface area contributed by atoms with Gasteiger partial charge in [0, 0.05) is 25.4 Å². The summed E-state index contributed by atoms with van der Waals surface area (Å²) in [5.41, 5.74) is 7.17. The molecule has 1 aliphatic rings. The third-order valence-electron chi connectivity index (χ3n) is 4.31. The van der Waals surface area contributed by atoms with Crippen molar-refractivity contribution in [3.05, 3.63) is 42.0 Å². The Balaban J connectivity index is 1.86. The maximum absolute atomic E-state index is 12.6. The zero-order valence-corrected chi connectivity index (χ0v) is 12.0. The van der Waals surface area contributed by atoms with E-state index < -0.39 is 0 Å². The minimum atomic E-state index is -0.00496. The van der Waals surface area contributed by atoms with Crippen LogP contribution in [0, 0.1) is 5.92 Å². The van der Waals surface area contributed by atoms with Crippen molar-refractivity contribution < 1.29 is 9.90 Å². The third-order valence-corrected chi connectivity index (χ3v) is 4.31. The summed E-state index contributed by atoms with van der Waals surface area (Å²) in [4.78, 5) is 14.5. The fourth-order valence-corrected chi connectivity index (χ4v) is 2.93. The van der Waals surface area contributed by atoms with Crippen LogP contribution < -0.4 is 5.73 Å². The molecule has 0 aromatic heterocycles. The molecule has 3 rings (SSSR count). The number of nitrogens with zero attached hydrogens (tertiary/aromatic N) is 1. The molecule has 0 bridgehead atoms. The monoisotopic (exact) mass is 284 g/mol. The molecule has 2 aromatic rings. The number of rotatable bonds is 2. The van der Waals surface area contributed by atoms with Gasteiger partial charge in [-0.1, -0.05) is 24.3 Å². The highest BCUT2D eigenvalue weighted by Crippen LogP contribution is 2.25. The normalized spacial score (nSPS) is 16.3. The van der Waals surface area contributed by atoms with Crippen LogP contribution in [0.3, 0.4) is 0 Å². The predicted molar refractivity (Wildman–Crippen MR) is 84.1 cm³/mol. The molecule has 3 N–H and O–H groups in total. The van der Waals surface area contributed by atoms with Crippen molar-refractivity contribution in [3.8, 4) is 0 Å². The van der Waals surface area contributed by atoms with Gasteiger partial charge in [-0.25, -0.2) is 0 Å². The second-order valence-electron chi connectivity index (χ2n) is 5.70. The number of carbonyl (C=O) groups excluding carboxylic acids is 1. The lowest BCUT2D eigenvalue weighted by molar-refractivity contribution is 0.0652. The molecule has 110 valence electrons. The maximum atomic E-state index is 12.6. The summed E-state index contributed by atoms with van der Waals surface area (Å²) in [6.45, 7) is 1.59. The van der Waals surface area contributed by atoms with Crippen LogP contribution in [0.4, 0.5) is 5.69 Å². The van der Waals surface area contributed by atoms with Gasteiger partial charge in [0.05, 0.1) is 5.56 Å². The molecule has 1 amide bonds. The second kappa shape index (κ2) is 5.74. The highest BCUT2D eigenvalue weighted by Gasteiger charge is 2.24. The second-order valence-corrected chi connectivity index (χ2v) is 5.70. The zero-order chi connectivity index (χ0) is 14.8. The molecule has 0 radical (unpaired) electrons. The van der Waals surface area contributed by atoms with Gasteiger partial charge >= 0.3 is 0 Å². The lowest BCUT2D eigenvalue weighted by Gasteiger charge is -2.31. The van der Waals surface area contributed by atoms with E-state index in [1.165, 1.54) is 0 Å². The van der Waals surface area contributed by atoms with Crippen LogP contribution in [0.25, 0.3) is 10.8 Å². The van der Waals surface area contributed by atoms with Crippen LogP contribution >= 0.6 is 0 Å². The first-order valence-electron chi connectivity index (χ1n) is 7.37. The maximum Gasteiger partial charge on any atom is 0.255 e. The standard InChI is InChI=1S/C17H20N2O2/c18-16-10-14-4-2-1-3-13(14)9-15(16)17(21)19-7-5-12(11-20)6-8-19/h1-4,9-10,12,20H,5-8,11,18H2. The van der Waals surface area contributed by atoms with E-state index in [0.717, 1.165) is 23.6 Å². The number of piperidine rings is 1. The van der Waals surface area contributed by atoms with E-state index in [4.69, 9.17) is 5.73 Å². The topological polar surface area (TPSA) is 66.6 Å². The van der Waals surface area contributed by atoms with Crippen molar-refractivity contribution in [2.45, 2.75) is 12.8 Å². The van der Waals surface area contributed by atoms with Gasteiger partial charge in [0.25, 0.3) is 5.91 Å². The average Bonchev–Trinajstić information content (AvgIpc) is 2.53. The van der Waals surface area contributed by atoms with Crippen LogP contribution in [0.1, 0.15) is 23.2 Å². The Hall–Kier alpha value is -2.07. The first-order valence-corrected chi connectivity index (χ1v) is 7.37. The first kappa shape index (κ1) is 13.9. The van der Waals surface area contributed by atoms with Crippen molar-refractivity contribution in [1.29, 1.82) is 0 Å². The number of aliphatic hydroxyl groups is 1. The highest BCUT2D eigenvalue weighted by molar-refractivity contribution is 6.03. The number of aliphatic hydroxyl groups excluding tert-OH is 1. The van der Waals surface area contributed by atoms with E-state index in [1.54, 1.807) is 0 Å². The van der Waals surface area contributed by atoms with Crippen LogP contribution in [-0.2, 0) is 0 Å². The molecule has 0 unspecified atom stereocenters. The fraction of sp³-hybridized carbons (Fsp3) is 0.353. The first-order chi connectivity index (χ1) is 10.2. The van der Waals surface area contributed by atoms with E-state index >= 15 is 0 Å². The van der Waals surface area contributed by atoms with Gasteiger partial charge in [-0.2, -0.15) is 0 Å². The Bertz CT molecular complexity index is 661. The minimum Gasteiger partial charge on any atom is -0.398 e. The summed E-state index contributed by atoms with van der Waals surface area (Å²) in [5, 5.41) is 11.2. The summed E-state index contributed by atoms with van der Waals surface area (Å²) in [6, 6.07) is 11.6. The summed E-state index contributed by atoms with van der Waals surface area (Å²) in [7, 11) is 0. The highest BCUT2D eigenvalue weighted by atomic mass is 16.3. The van der Waals surface area contributed by atoms with Gasteiger partial charge in [-0.05, 0) is 41.7 Å². The largest absolute Gasteiger partial charge is 0.398 e. The number of benzene rings is 2. The summed E-state index contributed by atoms with van der Waals surface area (Å²) in [5.74, 6) is 0.317. The van der Waals surface area contributed by atoms with Crippen LogP contribution in [0.15, 0.2) is 36.4 Å². The van der Waals surface area contributed by atoms with Crippen molar-refractivity contribution in [2.24, 2.45) is 5.92 Å². The predicted octanol–water partition coefficient (Wildman–Crippen LogP) is 2.27. The Morgan fingerprint density at radius 3 is 2.43 bits per heavy atom. The Morgan fingerprint density at radius 1 is 1.19 bits per heavy atom. The number of anilines is 1. The van der Waals surface area contributed by atoms with Gasteiger partial charge in [0.15, 0.2) is 0 Å². The molecule has 0 atom stereocenters. The number of amides is 1. The molecule has 2 aromatic carbocycles. The molecule has 0 aliphatic carbocycles. The number of likely N-dealkylation sites (tertiary alicyclic amines) is 1. The molecule has 4 heteroatoms. The van der Waals surface area contributed by atoms with E-state index in [-0.39, 0.29) is 12.5 Å². The Labute approximate surface area is 124 Å². The van der Waals surface area contributed by atoms with Gasteiger partial charge in [-0.15, -0.1) is 0 Å². The number of hydrogen-bond donors (Lipinski definition) is 2. The average molecular weight is 284 g/mol. The van der Waals surface area contributed by atoms with Gasteiger partial charge in [0.2, 0.25) is 0 Å². The Morgan fingerprint density at radius 2 is 1.81 bits per heavy atom.